The molecule has 100 valence electrons. The van der Waals surface area contributed by atoms with Crippen molar-refractivity contribution >= 4 is 0 Å². The van der Waals surface area contributed by atoms with Gasteiger partial charge in [0.1, 0.15) is 17.5 Å². The summed E-state index contributed by atoms with van der Waals surface area (Å²) in [6.45, 7) is 0. The minimum atomic E-state index is -0.965. The molecular weight excluding hydrogens is 253 g/mol. The van der Waals surface area contributed by atoms with Crippen molar-refractivity contribution in [2.45, 2.75) is 18.9 Å². The molecule has 0 aliphatic heterocycles. The molecule has 2 aromatic carbocycles. The van der Waals surface area contributed by atoms with E-state index in [1.54, 1.807) is 18.2 Å². The van der Waals surface area contributed by atoms with Crippen molar-refractivity contribution < 1.29 is 18.3 Å². The van der Waals surface area contributed by atoms with Gasteiger partial charge in [0.25, 0.3) is 0 Å². The number of benzene rings is 2. The van der Waals surface area contributed by atoms with Crippen LogP contribution in [0.3, 0.4) is 0 Å². The van der Waals surface area contributed by atoms with Crippen LogP contribution in [-0.2, 0) is 12.8 Å². The molecule has 0 aromatic heterocycles. The zero-order valence-corrected chi connectivity index (χ0v) is 10.1. The second-order valence-electron chi connectivity index (χ2n) is 4.39. The summed E-state index contributed by atoms with van der Waals surface area (Å²) in [5.74, 6) is -1.55. The lowest BCUT2D eigenvalue weighted by atomic mass is 10.0. The Balaban J connectivity index is 2.07. The number of hydrogen-bond donors (Lipinski definition) is 1. The molecule has 0 bridgehead atoms. The second-order valence-corrected chi connectivity index (χ2v) is 4.39. The van der Waals surface area contributed by atoms with E-state index in [1.807, 2.05) is 0 Å². The smallest absolute Gasteiger partial charge is 0.126 e. The van der Waals surface area contributed by atoms with Crippen LogP contribution in [0.1, 0.15) is 11.1 Å². The molecule has 0 saturated carbocycles. The SMILES string of the molecule is OC(Cc1ccccc1F)Cc1cc(F)ccc1F. The van der Waals surface area contributed by atoms with E-state index in [0.717, 1.165) is 18.2 Å². The Morgan fingerprint density at radius 2 is 1.47 bits per heavy atom. The fourth-order valence-electron chi connectivity index (χ4n) is 1.94. The fraction of sp³-hybridized carbons (Fsp3) is 0.200. The summed E-state index contributed by atoms with van der Waals surface area (Å²) in [6.07, 6.45) is -0.964. The first-order chi connectivity index (χ1) is 9.06. The van der Waals surface area contributed by atoms with E-state index >= 15 is 0 Å². The second kappa shape index (κ2) is 5.89. The van der Waals surface area contributed by atoms with E-state index in [9.17, 15) is 18.3 Å². The molecule has 2 aromatic rings. The highest BCUT2D eigenvalue weighted by atomic mass is 19.1. The first-order valence-electron chi connectivity index (χ1n) is 5.91. The highest BCUT2D eigenvalue weighted by Crippen LogP contribution is 2.15. The molecule has 4 heteroatoms. The minimum Gasteiger partial charge on any atom is -0.392 e. The first kappa shape index (κ1) is 13.6. The van der Waals surface area contributed by atoms with Crippen molar-refractivity contribution in [3.8, 4) is 0 Å². The summed E-state index contributed by atoms with van der Waals surface area (Å²) < 4.78 is 39.8. The molecular formula is C15H13F3O. The molecule has 19 heavy (non-hydrogen) atoms. The van der Waals surface area contributed by atoms with Crippen LogP contribution in [0.15, 0.2) is 42.5 Å². The Morgan fingerprint density at radius 1 is 0.842 bits per heavy atom. The van der Waals surface area contributed by atoms with Crippen molar-refractivity contribution in [2.75, 3.05) is 0 Å². The average Bonchev–Trinajstić information content (AvgIpc) is 2.37. The van der Waals surface area contributed by atoms with E-state index in [2.05, 4.69) is 0 Å². The largest absolute Gasteiger partial charge is 0.392 e. The molecule has 0 saturated heterocycles. The molecule has 0 fully saturated rings. The lowest BCUT2D eigenvalue weighted by Gasteiger charge is -2.12. The van der Waals surface area contributed by atoms with Crippen LogP contribution in [0.4, 0.5) is 13.2 Å². The van der Waals surface area contributed by atoms with Gasteiger partial charge < -0.3 is 5.11 Å². The van der Waals surface area contributed by atoms with E-state index in [1.165, 1.54) is 6.07 Å². The van der Waals surface area contributed by atoms with Gasteiger partial charge in [-0.05, 0) is 35.4 Å². The van der Waals surface area contributed by atoms with Gasteiger partial charge in [-0.1, -0.05) is 18.2 Å². The Hall–Kier alpha value is -1.81. The normalized spacial score (nSPS) is 12.4. The summed E-state index contributed by atoms with van der Waals surface area (Å²) in [5, 5.41) is 9.84. The summed E-state index contributed by atoms with van der Waals surface area (Å²) in [4.78, 5) is 0. The highest BCUT2D eigenvalue weighted by molar-refractivity contribution is 5.22. The topological polar surface area (TPSA) is 20.2 Å². The lowest BCUT2D eigenvalue weighted by molar-refractivity contribution is 0.173. The third kappa shape index (κ3) is 3.58. The van der Waals surface area contributed by atoms with E-state index in [-0.39, 0.29) is 18.4 Å². The molecule has 0 aliphatic carbocycles. The predicted octanol–water partition coefficient (Wildman–Crippen LogP) is 3.25. The molecule has 0 heterocycles. The maximum absolute atomic E-state index is 13.4. The fourth-order valence-corrected chi connectivity index (χ4v) is 1.94. The molecule has 1 nitrogen and oxygen atoms in total. The van der Waals surface area contributed by atoms with Crippen LogP contribution in [0.25, 0.3) is 0 Å². The number of halogens is 3. The molecule has 1 unspecified atom stereocenters. The van der Waals surface area contributed by atoms with Gasteiger partial charge in [-0.3, -0.25) is 0 Å². The Labute approximate surface area is 109 Å². The van der Waals surface area contributed by atoms with Gasteiger partial charge in [-0.15, -0.1) is 0 Å². The maximum Gasteiger partial charge on any atom is 0.126 e. The summed E-state index contributed by atoms with van der Waals surface area (Å²) in [6, 6.07) is 9.14. The average molecular weight is 266 g/mol. The van der Waals surface area contributed by atoms with Crippen LogP contribution >= 0.6 is 0 Å². The quantitative estimate of drug-likeness (QED) is 0.900. The van der Waals surface area contributed by atoms with Crippen molar-refractivity contribution in [1.82, 2.24) is 0 Å². The molecule has 2 rings (SSSR count). The molecule has 0 amide bonds. The number of rotatable bonds is 4. The Bertz CT molecular complexity index is 569. The van der Waals surface area contributed by atoms with E-state index in [0.29, 0.717) is 5.56 Å². The number of hydrogen-bond acceptors (Lipinski definition) is 1. The lowest BCUT2D eigenvalue weighted by Crippen LogP contribution is -2.15. The van der Waals surface area contributed by atoms with Crippen LogP contribution < -0.4 is 0 Å². The third-order valence-corrected chi connectivity index (χ3v) is 2.88. The van der Waals surface area contributed by atoms with Gasteiger partial charge in [-0.2, -0.15) is 0 Å². The van der Waals surface area contributed by atoms with E-state index in [4.69, 9.17) is 0 Å². The Kier molecular flexibility index (Phi) is 4.22. The zero-order valence-electron chi connectivity index (χ0n) is 10.1. The monoisotopic (exact) mass is 266 g/mol. The number of aliphatic hydroxyl groups excluding tert-OH is 1. The van der Waals surface area contributed by atoms with Gasteiger partial charge >= 0.3 is 0 Å². The van der Waals surface area contributed by atoms with Gasteiger partial charge in [0.05, 0.1) is 6.10 Å². The van der Waals surface area contributed by atoms with Crippen LogP contribution in [0, 0.1) is 17.5 Å². The van der Waals surface area contributed by atoms with Gasteiger partial charge in [0.2, 0.25) is 0 Å². The van der Waals surface area contributed by atoms with Crippen LogP contribution in [0.5, 0.6) is 0 Å². The maximum atomic E-state index is 13.4. The van der Waals surface area contributed by atoms with Gasteiger partial charge in [-0.25, -0.2) is 13.2 Å². The molecule has 1 N–H and O–H groups in total. The number of aliphatic hydroxyl groups is 1. The van der Waals surface area contributed by atoms with Crippen LogP contribution in [-0.4, -0.2) is 11.2 Å². The summed E-state index contributed by atoms with van der Waals surface area (Å²) in [7, 11) is 0. The Morgan fingerprint density at radius 3 is 2.21 bits per heavy atom. The van der Waals surface area contributed by atoms with Crippen molar-refractivity contribution in [2.24, 2.45) is 0 Å². The zero-order chi connectivity index (χ0) is 13.8. The summed E-state index contributed by atoms with van der Waals surface area (Å²) in [5.41, 5.74) is 0.440. The molecule has 0 spiro atoms. The summed E-state index contributed by atoms with van der Waals surface area (Å²) >= 11 is 0. The van der Waals surface area contributed by atoms with Crippen molar-refractivity contribution in [1.29, 1.82) is 0 Å². The highest BCUT2D eigenvalue weighted by Gasteiger charge is 2.13. The molecule has 1 atom stereocenters. The molecule has 0 aliphatic rings. The van der Waals surface area contributed by atoms with Gasteiger partial charge in [0, 0.05) is 12.8 Å². The third-order valence-electron chi connectivity index (χ3n) is 2.88. The predicted molar refractivity (Wildman–Crippen MR) is 66.2 cm³/mol. The van der Waals surface area contributed by atoms with Crippen LogP contribution in [0.2, 0.25) is 0 Å². The van der Waals surface area contributed by atoms with Crippen molar-refractivity contribution in [3.63, 3.8) is 0 Å². The standard InChI is InChI=1S/C15H13F3O/c16-12-5-6-15(18)11(7-12)9-13(19)8-10-3-1-2-4-14(10)17/h1-7,13,19H,8-9H2. The minimum absolute atomic E-state index is 0.0576. The van der Waals surface area contributed by atoms with Gasteiger partial charge in [0.15, 0.2) is 0 Å². The molecule has 0 radical (unpaired) electrons. The van der Waals surface area contributed by atoms with E-state index < -0.39 is 23.6 Å². The first-order valence-corrected chi connectivity index (χ1v) is 5.91. The van der Waals surface area contributed by atoms with Crippen molar-refractivity contribution in [3.05, 3.63) is 71.0 Å².